The van der Waals surface area contributed by atoms with Crippen molar-refractivity contribution in [3.8, 4) is 23.7 Å². The van der Waals surface area contributed by atoms with Gasteiger partial charge in [-0.05, 0) is 74.3 Å². The summed E-state index contributed by atoms with van der Waals surface area (Å²) in [5.41, 5.74) is -3.55. The summed E-state index contributed by atoms with van der Waals surface area (Å²) in [7, 11) is -7.36. The molecule has 0 unspecified atom stereocenters. The zero-order valence-electron chi connectivity index (χ0n) is 30.9. The first-order chi connectivity index (χ1) is 19.5. The third-order valence-electron chi connectivity index (χ3n) is 11.1. The zero-order chi connectivity index (χ0) is 34.1. The lowest BCUT2D eigenvalue weighted by Gasteiger charge is -2.53. The van der Waals surface area contributed by atoms with Gasteiger partial charge in [0.15, 0.2) is 41.9 Å². The van der Waals surface area contributed by atoms with E-state index in [1.165, 1.54) is 0 Å². The highest BCUT2D eigenvalue weighted by atomic mass is 28.4. The van der Waals surface area contributed by atoms with E-state index in [9.17, 15) is 5.11 Å². The van der Waals surface area contributed by atoms with Gasteiger partial charge in [0, 0.05) is 6.42 Å². The molecule has 250 valence electrons. The standard InChI is InChI=1S/C35H62O6Si3/c1-29(2,3)42(12,13)39-33(28-26-37-32(10,11)38-28)21-18-20-27(36)35(41-44(16,17)31(7,8)9)23-19-22-34(35,25-24-33)40-43(14,15)30(4,5)6/h19,22,27-28,36H,21,23,26H2,1-17H3/t27-,28-,33-,34-,35+/m1/s1. The smallest absolute Gasteiger partial charge is 0.194 e. The molecule has 0 bridgehead atoms. The molecule has 9 heteroatoms. The van der Waals surface area contributed by atoms with Crippen molar-refractivity contribution in [2.45, 2.75) is 178 Å². The van der Waals surface area contributed by atoms with Crippen molar-refractivity contribution in [1.82, 2.24) is 0 Å². The van der Waals surface area contributed by atoms with E-state index in [0.717, 1.165) is 0 Å². The minimum atomic E-state index is -2.48. The van der Waals surface area contributed by atoms with Crippen molar-refractivity contribution in [1.29, 1.82) is 0 Å². The predicted molar refractivity (Wildman–Crippen MR) is 188 cm³/mol. The van der Waals surface area contributed by atoms with Crippen LogP contribution in [0.4, 0.5) is 0 Å². The first kappa shape index (κ1) is 37.7. The maximum absolute atomic E-state index is 12.2. The Morgan fingerprint density at radius 3 is 1.75 bits per heavy atom. The Balaban J connectivity index is 2.40. The Morgan fingerprint density at radius 1 is 0.773 bits per heavy atom. The average Bonchev–Trinajstić information content (AvgIpc) is 3.35. The Bertz CT molecular complexity index is 1240. The molecule has 1 N–H and O–H groups in total. The maximum Gasteiger partial charge on any atom is 0.194 e. The fourth-order valence-electron chi connectivity index (χ4n) is 5.12. The van der Waals surface area contributed by atoms with Gasteiger partial charge in [-0.1, -0.05) is 92.1 Å². The van der Waals surface area contributed by atoms with Crippen molar-refractivity contribution < 1.29 is 27.9 Å². The van der Waals surface area contributed by atoms with E-state index in [1.807, 2.05) is 19.9 Å². The fraction of sp³-hybridized carbons (Fsp3) is 0.829. The van der Waals surface area contributed by atoms with Crippen LogP contribution in [0.2, 0.25) is 54.4 Å². The van der Waals surface area contributed by atoms with Crippen LogP contribution in [0, 0.1) is 23.7 Å². The van der Waals surface area contributed by atoms with E-state index in [2.05, 4.69) is 131 Å². The number of rotatable bonds is 7. The van der Waals surface area contributed by atoms with Gasteiger partial charge in [-0.2, -0.15) is 0 Å². The number of aliphatic hydroxyl groups excluding tert-OH is 1. The lowest BCUT2D eigenvalue weighted by atomic mass is 9.81. The Kier molecular flexibility index (Phi) is 9.82. The molecule has 0 spiro atoms. The molecule has 1 fully saturated rings. The van der Waals surface area contributed by atoms with Crippen LogP contribution in [0.5, 0.6) is 0 Å². The van der Waals surface area contributed by atoms with Crippen LogP contribution < -0.4 is 0 Å². The minimum absolute atomic E-state index is 0.0835. The molecule has 0 aromatic carbocycles. The summed E-state index contributed by atoms with van der Waals surface area (Å²) in [5, 5.41) is 11.9. The van der Waals surface area contributed by atoms with Crippen LogP contribution in [-0.4, -0.2) is 71.5 Å². The highest BCUT2D eigenvalue weighted by molar-refractivity contribution is 6.75. The first-order valence-corrected chi connectivity index (χ1v) is 25.0. The van der Waals surface area contributed by atoms with Crippen LogP contribution in [0.3, 0.4) is 0 Å². The molecular formula is C35H62O6Si3. The molecule has 44 heavy (non-hydrogen) atoms. The van der Waals surface area contributed by atoms with Crippen molar-refractivity contribution >= 4 is 25.0 Å². The predicted octanol–water partition coefficient (Wildman–Crippen LogP) is 8.15. The van der Waals surface area contributed by atoms with E-state index in [0.29, 0.717) is 13.0 Å². The topological polar surface area (TPSA) is 66.4 Å². The molecule has 1 heterocycles. The maximum atomic E-state index is 12.2. The van der Waals surface area contributed by atoms with Gasteiger partial charge in [-0.25, -0.2) is 0 Å². The van der Waals surface area contributed by atoms with Crippen LogP contribution in [0.25, 0.3) is 0 Å². The van der Waals surface area contributed by atoms with Crippen molar-refractivity contribution in [3.63, 3.8) is 0 Å². The monoisotopic (exact) mass is 662 g/mol. The second-order valence-electron chi connectivity index (χ2n) is 18.2. The Hall–Kier alpha value is -0.729. The number of hydrogen-bond donors (Lipinski definition) is 1. The van der Waals surface area contributed by atoms with Gasteiger partial charge in [0.25, 0.3) is 0 Å². The lowest BCUT2D eigenvalue weighted by molar-refractivity contribution is -0.157. The Morgan fingerprint density at radius 2 is 1.27 bits per heavy atom. The molecule has 3 aliphatic rings. The largest absolute Gasteiger partial charge is 0.403 e. The van der Waals surface area contributed by atoms with Crippen LogP contribution in [-0.2, 0) is 22.8 Å². The second-order valence-corrected chi connectivity index (χ2v) is 32.4. The summed E-state index contributed by atoms with van der Waals surface area (Å²) in [5.74, 6) is 13.1. The summed E-state index contributed by atoms with van der Waals surface area (Å²) in [6.45, 7) is 37.5. The molecule has 2 aliphatic carbocycles. The van der Waals surface area contributed by atoms with Gasteiger partial charge < -0.3 is 27.9 Å². The molecule has 0 saturated carbocycles. The van der Waals surface area contributed by atoms with Crippen LogP contribution >= 0.6 is 0 Å². The van der Waals surface area contributed by atoms with E-state index < -0.39 is 59.8 Å². The third kappa shape index (κ3) is 6.93. The normalized spacial score (nSPS) is 33.0. The molecule has 5 atom stereocenters. The number of hydrogen-bond acceptors (Lipinski definition) is 6. The van der Waals surface area contributed by atoms with E-state index in [1.54, 1.807) is 0 Å². The number of ether oxygens (including phenoxy) is 2. The van der Waals surface area contributed by atoms with Crippen molar-refractivity contribution in [3.05, 3.63) is 12.2 Å². The highest BCUT2D eigenvalue weighted by Gasteiger charge is 2.64. The van der Waals surface area contributed by atoms with Gasteiger partial charge in [-0.3, -0.25) is 0 Å². The van der Waals surface area contributed by atoms with E-state index >= 15 is 0 Å². The molecule has 1 saturated heterocycles. The molecule has 1 aliphatic heterocycles. The molecule has 0 aromatic rings. The van der Waals surface area contributed by atoms with Crippen molar-refractivity contribution in [2.75, 3.05) is 6.61 Å². The molecule has 0 amide bonds. The van der Waals surface area contributed by atoms with Crippen LogP contribution in [0.1, 0.15) is 89.0 Å². The van der Waals surface area contributed by atoms with Gasteiger partial charge in [0.1, 0.15) is 17.8 Å². The molecule has 0 aromatic heterocycles. The molecular weight excluding hydrogens is 601 g/mol. The summed E-state index contributed by atoms with van der Waals surface area (Å²) >= 11 is 0. The van der Waals surface area contributed by atoms with Gasteiger partial charge in [0.05, 0.1) is 13.0 Å². The highest BCUT2D eigenvalue weighted by Crippen LogP contribution is 2.52. The second kappa shape index (κ2) is 11.5. The summed E-state index contributed by atoms with van der Waals surface area (Å²) < 4.78 is 34.7. The molecule has 3 rings (SSSR count). The summed E-state index contributed by atoms with van der Waals surface area (Å²) in [6, 6.07) is 0. The SMILES string of the molecule is CC1(C)OC[C@H]([C@]2(O[Si](C)(C)C(C)(C)C)C#C[C@]3(O[Si](C)(C)C(C)(C)C)C=CC[C@]3(O[Si](C)(C)C(C)(C)C)[C@H](O)C#CC2)O1. The summed E-state index contributed by atoms with van der Waals surface area (Å²) in [4.78, 5) is 0. The summed E-state index contributed by atoms with van der Waals surface area (Å²) in [6.07, 6.45) is 3.21. The quantitative estimate of drug-likeness (QED) is 0.169. The lowest BCUT2D eigenvalue weighted by Crippen LogP contribution is -2.67. The third-order valence-corrected chi connectivity index (χ3v) is 24.5. The van der Waals surface area contributed by atoms with Gasteiger partial charge >= 0.3 is 0 Å². The number of aliphatic hydroxyl groups is 1. The zero-order valence-corrected chi connectivity index (χ0v) is 33.9. The minimum Gasteiger partial charge on any atom is -0.403 e. The number of fused-ring (bicyclic) bond motifs is 1. The molecule has 0 radical (unpaired) electrons. The first-order valence-electron chi connectivity index (χ1n) is 16.3. The van der Waals surface area contributed by atoms with E-state index in [4.69, 9.17) is 22.8 Å². The molecule has 6 nitrogen and oxygen atoms in total. The van der Waals surface area contributed by atoms with E-state index in [-0.39, 0.29) is 21.5 Å². The van der Waals surface area contributed by atoms with Gasteiger partial charge in [0.2, 0.25) is 0 Å². The Labute approximate surface area is 272 Å². The van der Waals surface area contributed by atoms with Gasteiger partial charge in [-0.15, -0.1) is 0 Å². The van der Waals surface area contributed by atoms with Crippen molar-refractivity contribution in [2.24, 2.45) is 0 Å². The average molecular weight is 663 g/mol. The van der Waals surface area contributed by atoms with Crippen LogP contribution in [0.15, 0.2) is 12.2 Å². The fourth-order valence-corrected chi connectivity index (χ4v) is 9.56.